The van der Waals surface area contributed by atoms with Crippen LogP contribution in [0.15, 0.2) is 55.1 Å². The number of ketones is 2. The molecule has 4 nitrogen and oxygen atoms in total. The molecule has 1 aliphatic rings. The quantitative estimate of drug-likeness (QED) is 0.487. The largest absolute Gasteiger partial charge is 0.434 e. The third-order valence-corrected chi connectivity index (χ3v) is 4.36. The van der Waals surface area contributed by atoms with Gasteiger partial charge >= 0.3 is 5.97 Å². The van der Waals surface area contributed by atoms with Gasteiger partial charge in [0.15, 0.2) is 0 Å². The summed E-state index contributed by atoms with van der Waals surface area (Å²) in [4.78, 5) is 38.0. The number of benzene rings is 2. The summed E-state index contributed by atoms with van der Waals surface area (Å²) in [5.41, 5.74) is -0.330. The van der Waals surface area contributed by atoms with Crippen molar-refractivity contribution in [2.45, 2.75) is 25.4 Å². The Labute approximate surface area is 146 Å². The molecule has 0 aliphatic heterocycles. The maximum absolute atomic E-state index is 13.0. The van der Waals surface area contributed by atoms with Crippen molar-refractivity contribution in [3.63, 3.8) is 0 Å². The summed E-state index contributed by atoms with van der Waals surface area (Å²) in [7, 11) is 0. The molecule has 0 aromatic heterocycles. The zero-order valence-corrected chi connectivity index (χ0v) is 14.0. The zero-order chi connectivity index (χ0) is 18.2. The van der Waals surface area contributed by atoms with Crippen LogP contribution in [0, 0.1) is 6.07 Å². The van der Waals surface area contributed by atoms with E-state index >= 15 is 0 Å². The highest BCUT2D eigenvalue weighted by Crippen LogP contribution is 2.41. The monoisotopic (exact) mass is 333 g/mol. The molecule has 1 aliphatic carbocycles. The fraction of sp³-hybridized carbons (Fsp3) is 0.190. The van der Waals surface area contributed by atoms with Gasteiger partial charge in [-0.2, -0.15) is 0 Å². The highest BCUT2D eigenvalue weighted by molar-refractivity contribution is 6.32. The second kappa shape index (κ2) is 6.13. The molecule has 0 fully saturated rings. The average Bonchev–Trinajstić information content (AvgIpc) is 2.84. The lowest BCUT2D eigenvalue weighted by Crippen LogP contribution is -2.42. The fourth-order valence-corrected chi connectivity index (χ4v) is 2.96. The Morgan fingerprint density at radius 3 is 2.16 bits per heavy atom. The zero-order valence-electron chi connectivity index (χ0n) is 14.0. The Morgan fingerprint density at radius 2 is 1.72 bits per heavy atom. The lowest BCUT2D eigenvalue weighted by molar-refractivity contribution is -0.146. The van der Waals surface area contributed by atoms with Gasteiger partial charge in [0.1, 0.15) is 0 Å². The summed E-state index contributed by atoms with van der Waals surface area (Å²) in [5, 5.41) is 0. The van der Waals surface area contributed by atoms with Crippen LogP contribution in [0.1, 0.15) is 51.6 Å². The van der Waals surface area contributed by atoms with E-state index in [2.05, 4.69) is 12.6 Å². The van der Waals surface area contributed by atoms with Crippen LogP contribution in [0.25, 0.3) is 0 Å². The molecular weight excluding hydrogens is 316 g/mol. The first-order valence-corrected chi connectivity index (χ1v) is 7.98. The van der Waals surface area contributed by atoms with Crippen LogP contribution in [-0.2, 0) is 15.1 Å². The van der Waals surface area contributed by atoms with Crippen LogP contribution >= 0.6 is 0 Å². The highest BCUT2D eigenvalue weighted by Gasteiger charge is 2.57. The minimum atomic E-state index is -2.04. The van der Waals surface area contributed by atoms with E-state index in [4.69, 9.17) is 4.74 Å². The molecule has 0 atom stereocenters. The smallest absolute Gasteiger partial charge is 0.331 e. The topological polar surface area (TPSA) is 60.4 Å². The van der Waals surface area contributed by atoms with Crippen LogP contribution < -0.4 is 0 Å². The number of ether oxygens (including phenoxy) is 1. The predicted octanol–water partition coefficient (Wildman–Crippen LogP) is 3.61. The number of rotatable bonds is 4. The van der Waals surface area contributed by atoms with Crippen molar-refractivity contribution in [3.8, 4) is 0 Å². The first kappa shape index (κ1) is 16.8. The molecule has 0 bridgehead atoms. The van der Waals surface area contributed by atoms with Crippen LogP contribution in [0.4, 0.5) is 0 Å². The normalized spacial score (nSPS) is 15.2. The summed E-state index contributed by atoms with van der Waals surface area (Å²) < 4.78 is 5.35. The van der Waals surface area contributed by atoms with Crippen molar-refractivity contribution >= 4 is 17.5 Å². The number of hydrogen-bond acceptors (Lipinski definition) is 4. The summed E-state index contributed by atoms with van der Waals surface area (Å²) in [6, 6.07) is 14.6. The second-order valence-corrected chi connectivity index (χ2v) is 6.20. The first-order valence-electron chi connectivity index (χ1n) is 7.98. The van der Waals surface area contributed by atoms with Gasteiger partial charge in [-0.05, 0) is 17.5 Å². The third-order valence-electron chi connectivity index (χ3n) is 4.36. The molecule has 0 N–H and O–H groups in total. The van der Waals surface area contributed by atoms with Crippen molar-refractivity contribution in [3.05, 3.63) is 83.4 Å². The fourth-order valence-electron chi connectivity index (χ4n) is 2.96. The van der Waals surface area contributed by atoms with Crippen molar-refractivity contribution in [1.82, 2.24) is 0 Å². The van der Waals surface area contributed by atoms with E-state index in [-0.39, 0.29) is 22.6 Å². The molecule has 0 amide bonds. The van der Waals surface area contributed by atoms with Gasteiger partial charge in [-0.15, -0.1) is 0 Å². The van der Waals surface area contributed by atoms with E-state index in [9.17, 15) is 14.4 Å². The minimum Gasteiger partial charge on any atom is -0.434 e. The van der Waals surface area contributed by atoms with E-state index in [0.29, 0.717) is 0 Å². The van der Waals surface area contributed by atoms with Crippen molar-refractivity contribution in [2.75, 3.05) is 0 Å². The molecule has 2 aromatic carbocycles. The standard InChI is InChI=1S/C21H17O4/c1-4-18(22)25-21(15-11-9-14(10-12-15)13(2)3)19(23)16-7-5-6-8-17(16)20(21)24/h4-11,13H,1H2,2-3H3. The molecule has 2 aromatic rings. The van der Waals surface area contributed by atoms with E-state index in [0.717, 1.165) is 11.6 Å². The molecule has 0 unspecified atom stereocenters. The lowest BCUT2D eigenvalue weighted by atomic mass is 9.87. The molecule has 25 heavy (non-hydrogen) atoms. The Morgan fingerprint density at radius 1 is 1.12 bits per heavy atom. The number of esters is 1. The van der Waals surface area contributed by atoms with Gasteiger partial charge in [-0.3, -0.25) is 9.59 Å². The van der Waals surface area contributed by atoms with Crippen LogP contribution in [0.5, 0.6) is 0 Å². The summed E-state index contributed by atoms with van der Waals surface area (Å²) >= 11 is 0. The van der Waals surface area contributed by atoms with E-state index in [1.54, 1.807) is 36.4 Å². The summed E-state index contributed by atoms with van der Waals surface area (Å²) in [6.45, 7) is 7.41. The molecule has 3 rings (SSSR count). The van der Waals surface area contributed by atoms with Crippen molar-refractivity contribution in [1.29, 1.82) is 0 Å². The maximum Gasteiger partial charge on any atom is 0.331 e. The molecule has 4 heteroatoms. The number of hydrogen-bond donors (Lipinski definition) is 0. The molecule has 125 valence electrons. The Balaban J connectivity index is 2.19. The van der Waals surface area contributed by atoms with Gasteiger partial charge < -0.3 is 4.74 Å². The van der Waals surface area contributed by atoms with Gasteiger partial charge in [0.2, 0.25) is 11.6 Å². The molecule has 0 heterocycles. The third kappa shape index (κ3) is 2.50. The van der Waals surface area contributed by atoms with Crippen LogP contribution in [0.3, 0.4) is 0 Å². The number of Topliss-reactive ketones (excluding diaryl/α,β-unsaturated/α-hetero) is 2. The van der Waals surface area contributed by atoms with E-state index < -0.39 is 23.1 Å². The maximum atomic E-state index is 13.0. The summed E-state index contributed by atoms with van der Waals surface area (Å²) in [5.74, 6) is -1.69. The van der Waals surface area contributed by atoms with Gasteiger partial charge in [0.25, 0.3) is 5.60 Å². The van der Waals surface area contributed by atoms with Crippen LogP contribution in [0.2, 0.25) is 0 Å². The van der Waals surface area contributed by atoms with Crippen molar-refractivity contribution < 1.29 is 19.1 Å². The van der Waals surface area contributed by atoms with E-state index in [1.165, 1.54) is 0 Å². The molecule has 0 spiro atoms. The minimum absolute atomic E-state index is 0.221. The average molecular weight is 333 g/mol. The number of fused-ring (bicyclic) bond motifs is 1. The SMILES string of the molecule is C=CC(=O)OC1(c2[c]cc(C(C)C)cc2)C(=O)c2ccccc2C1=O. The molecule has 0 saturated heterocycles. The number of carbonyl (C=O) groups is 3. The Hall–Kier alpha value is -3.01. The van der Waals surface area contributed by atoms with Crippen LogP contribution in [-0.4, -0.2) is 17.5 Å². The highest BCUT2D eigenvalue weighted by atomic mass is 16.6. The lowest BCUT2D eigenvalue weighted by Gasteiger charge is -2.26. The van der Waals surface area contributed by atoms with Gasteiger partial charge in [0.05, 0.1) is 0 Å². The van der Waals surface area contributed by atoms with Gasteiger partial charge in [0, 0.05) is 22.8 Å². The first-order chi connectivity index (χ1) is 11.9. The van der Waals surface area contributed by atoms with Gasteiger partial charge in [-0.25, -0.2) is 4.79 Å². The Kier molecular flexibility index (Phi) is 4.13. The Bertz CT molecular complexity index is 840. The second-order valence-electron chi connectivity index (χ2n) is 6.20. The molecule has 1 radical (unpaired) electrons. The van der Waals surface area contributed by atoms with E-state index in [1.807, 2.05) is 19.9 Å². The van der Waals surface area contributed by atoms with Crippen molar-refractivity contribution in [2.24, 2.45) is 0 Å². The predicted molar refractivity (Wildman–Crippen MR) is 92.4 cm³/mol. The summed E-state index contributed by atoms with van der Waals surface area (Å²) in [6.07, 6.45) is 0.938. The molecule has 0 saturated carbocycles. The number of carbonyl (C=O) groups excluding carboxylic acids is 3. The van der Waals surface area contributed by atoms with Gasteiger partial charge in [-0.1, -0.05) is 62.9 Å². The molecular formula is C21H17O4.